The molecule has 2 heterocycles. The molecule has 0 N–H and O–H groups in total. The van der Waals surface area contributed by atoms with Crippen molar-refractivity contribution in [1.82, 2.24) is 9.88 Å². The number of carbonyl (C=O) groups excluding carboxylic acids is 2. The number of thiazole rings is 1. The molecule has 0 radical (unpaired) electrons. The topological polar surface area (TPSA) is 90.4 Å². The fraction of sp³-hybridized carbons (Fsp3) is 0.400. The molecule has 0 atom stereocenters. The summed E-state index contributed by atoms with van der Waals surface area (Å²) in [4.78, 5) is 34.9. The van der Waals surface area contributed by atoms with Crippen molar-refractivity contribution in [3.05, 3.63) is 47.5 Å². The minimum absolute atomic E-state index is 0.217. The summed E-state index contributed by atoms with van der Waals surface area (Å²) in [6, 6.07) is 10.3. The molecule has 0 unspecified atom stereocenters. The predicted molar refractivity (Wildman–Crippen MR) is 134 cm³/mol. The summed E-state index contributed by atoms with van der Waals surface area (Å²) in [7, 11) is 4.48. The van der Waals surface area contributed by atoms with Crippen LogP contribution in [0.25, 0.3) is 10.2 Å². The first-order valence-corrected chi connectivity index (χ1v) is 12.2. The van der Waals surface area contributed by atoms with Crippen LogP contribution in [0.15, 0.2) is 36.4 Å². The van der Waals surface area contributed by atoms with E-state index in [4.69, 9.17) is 23.9 Å². The number of carbonyl (C=O) groups is 2. The number of aromatic nitrogens is 1. The minimum atomic E-state index is -0.560. The Morgan fingerprint density at radius 3 is 2.40 bits per heavy atom. The van der Waals surface area contributed by atoms with E-state index in [9.17, 15) is 9.59 Å². The highest BCUT2D eigenvalue weighted by atomic mass is 32.1. The Morgan fingerprint density at radius 1 is 1.03 bits per heavy atom. The molecule has 1 aliphatic rings. The van der Waals surface area contributed by atoms with Crippen LogP contribution in [0.4, 0.5) is 5.13 Å². The van der Waals surface area contributed by atoms with Gasteiger partial charge in [0.25, 0.3) is 5.91 Å². The smallest absolute Gasteiger partial charge is 0.338 e. The van der Waals surface area contributed by atoms with Gasteiger partial charge in [-0.15, -0.1) is 0 Å². The minimum Gasteiger partial charge on any atom is -0.495 e. The Hall–Kier alpha value is -3.21. The Morgan fingerprint density at radius 2 is 1.71 bits per heavy atom. The summed E-state index contributed by atoms with van der Waals surface area (Å²) in [5.41, 5.74) is 1.11. The molecule has 4 rings (SSSR count). The maximum atomic E-state index is 13.8. The molecule has 1 fully saturated rings. The number of esters is 1. The SMILES string of the molecule is COC(=O)c1ccccc1C(=O)N(CCCN1CCOCC1)c1nc2c(OC)ccc(OC)c2s1. The molecule has 2 aromatic carbocycles. The van der Waals surface area contributed by atoms with Crippen LogP contribution in [0.3, 0.4) is 0 Å². The van der Waals surface area contributed by atoms with Gasteiger partial charge in [0, 0.05) is 26.2 Å². The molecule has 3 aromatic rings. The molecule has 35 heavy (non-hydrogen) atoms. The molecule has 0 spiro atoms. The highest BCUT2D eigenvalue weighted by Crippen LogP contribution is 2.40. The number of amides is 1. The fourth-order valence-electron chi connectivity index (χ4n) is 4.05. The van der Waals surface area contributed by atoms with Crippen LogP contribution in [0.2, 0.25) is 0 Å². The maximum Gasteiger partial charge on any atom is 0.338 e. The van der Waals surface area contributed by atoms with Gasteiger partial charge in [-0.25, -0.2) is 9.78 Å². The van der Waals surface area contributed by atoms with Gasteiger partial charge in [0.05, 0.1) is 45.7 Å². The zero-order valence-electron chi connectivity index (χ0n) is 20.1. The predicted octanol–water partition coefficient (Wildman–Crippen LogP) is 3.47. The third kappa shape index (κ3) is 5.39. The van der Waals surface area contributed by atoms with Gasteiger partial charge in [0.15, 0.2) is 5.13 Å². The highest BCUT2D eigenvalue weighted by Gasteiger charge is 2.27. The zero-order chi connectivity index (χ0) is 24.8. The molecule has 9 nitrogen and oxygen atoms in total. The van der Waals surface area contributed by atoms with Crippen LogP contribution in [0, 0.1) is 0 Å². The van der Waals surface area contributed by atoms with E-state index in [2.05, 4.69) is 4.90 Å². The van der Waals surface area contributed by atoms with Crippen LogP contribution >= 0.6 is 11.3 Å². The van der Waals surface area contributed by atoms with Gasteiger partial charge in [-0.05, 0) is 30.7 Å². The normalized spacial score (nSPS) is 14.0. The third-order valence-corrected chi connectivity index (χ3v) is 6.99. The molecule has 10 heteroatoms. The summed E-state index contributed by atoms with van der Waals surface area (Å²) in [5, 5.41) is 0.509. The van der Waals surface area contributed by atoms with E-state index in [1.165, 1.54) is 18.4 Å². The lowest BCUT2D eigenvalue weighted by molar-refractivity contribution is 0.0376. The number of fused-ring (bicyclic) bond motifs is 1. The molecule has 1 aliphatic heterocycles. The molecular weight excluding hydrogens is 470 g/mol. The van der Waals surface area contributed by atoms with Gasteiger partial charge in [0.2, 0.25) is 0 Å². The fourth-order valence-corrected chi connectivity index (χ4v) is 5.15. The molecular formula is C25H29N3O6S. The second kappa shape index (κ2) is 11.5. The number of ether oxygens (including phenoxy) is 4. The van der Waals surface area contributed by atoms with Crippen LogP contribution in [-0.2, 0) is 9.47 Å². The lowest BCUT2D eigenvalue weighted by Gasteiger charge is -2.28. The zero-order valence-corrected chi connectivity index (χ0v) is 20.9. The molecule has 1 saturated heterocycles. The van der Waals surface area contributed by atoms with Gasteiger partial charge < -0.3 is 18.9 Å². The van der Waals surface area contributed by atoms with Crippen LogP contribution < -0.4 is 14.4 Å². The highest BCUT2D eigenvalue weighted by molar-refractivity contribution is 7.22. The van der Waals surface area contributed by atoms with Gasteiger partial charge in [-0.1, -0.05) is 23.5 Å². The molecule has 0 aliphatic carbocycles. The first-order chi connectivity index (χ1) is 17.1. The lowest BCUT2D eigenvalue weighted by Crippen LogP contribution is -2.39. The summed E-state index contributed by atoms with van der Waals surface area (Å²) < 4.78 is 22.1. The maximum absolute atomic E-state index is 13.8. The van der Waals surface area contributed by atoms with Crippen molar-refractivity contribution in [1.29, 1.82) is 0 Å². The quantitative estimate of drug-likeness (QED) is 0.414. The number of rotatable bonds is 9. The van der Waals surface area contributed by atoms with Gasteiger partial charge in [-0.2, -0.15) is 0 Å². The van der Waals surface area contributed by atoms with E-state index >= 15 is 0 Å². The molecule has 186 valence electrons. The number of hydrogen-bond acceptors (Lipinski definition) is 9. The third-order valence-electron chi connectivity index (χ3n) is 5.90. The summed E-state index contributed by atoms with van der Waals surface area (Å²) in [6.07, 6.45) is 0.732. The van der Waals surface area contributed by atoms with Crippen molar-refractivity contribution in [2.75, 3.05) is 65.6 Å². The number of nitrogens with zero attached hydrogens (tertiary/aromatic N) is 3. The Balaban J connectivity index is 1.71. The van der Waals surface area contributed by atoms with E-state index < -0.39 is 5.97 Å². The van der Waals surface area contributed by atoms with Crippen LogP contribution in [0.5, 0.6) is 11.5 Å². The van der Waals surface area contributed by atoms with Crippen molar-refractivity contribution < 1.29 is 28.5 Å². The Bertz CT molecular complexity index is 1150. The van der Waals surface area contributed by atoms with Crippen molar-refractivity contribution in [2.45, 2.75) is 6.42 Å². The summed E-state index contributed by atoms with van der Waals surface area (Å²) in [6.45, 7) is 4.42. The number of methoxy groups -OCH3 is 3. The standard InChI is InChI=1S/C25H29N3O6S/c1-31-19-9-10-20(32-2)22-21(19)26-25(35-22)28(12-6-11-27-13-15-34-16-14-27)23(29)17-7-4-5-8-18(17)24(30)33-3/h4-5,7-10H,6,11-16H2,1-3H3. The van der Waals surface area contributed by atoms with Crippen molar-refractivity contribution >= 4 is 38.6 Å². The van der Waals surface area contributed by atoms with E-state index in [0.717, 1.165) is 30.8 Å². The number of benzene rings is 2. The molecule has 0 saturated carbocycles. The second-order valence-corrected chi connectivity index (χ2v) is 8.92. The Labute approximate surface area is 208 Å². The van der Waals surface area contributed by atoms with Crippen LogP contribution in [-0.4, -0.2) is 82.5 Å². The largest absolute Gasteiger partial charge is 0.495 e. The van der Waals surface area contributed by atoms with Crippen molar-refractivity contribution in [3.63, 3.8) is 0 Å². The van der Waals surface area contributed by atoms with E-state index in [1.807, 2.05) is 6.07 Å². The van der Waals surface area contributed by atoms with Gasteiger partial charge >= 0.3 is 5.97 Å². The van der Waals surface area contributed by atoms with Crippen molar-refractivity contribution in [3.8, 4) is 11.5 Å². The first kappa shape index (κ1) is 24.9. The average molecular weight is 500 g/mol. The average Bonchev–Trinajstić information content (AvgIpc) is 3.35. The van der Waals surface area contributed by atoms with Crippen LogP contribution in [0.1, 0.15) is 27.1 Å². The molecule has 0 bridgehead atoms. The first-order valence-electron chi connectivity index (χ1n) is 11.4. The van der Waals surface area contributed by atoms with E-state index in [-0.39, 0.29) is 17.0 Å². The van der Waals surface area contributed by atoms with E-state index in [0.29, 0.717) is 41.9 Å². The Kier molecular flexibility index (Phi) is 8.17. The summed E-state index contributed by atoms with van der Waals surface area (Å²) in [5.74, 6) is 0.374. The lowest BCUT2D eigenvalue weighted by atomic mass is 10.1. The van der Waals surface area contributed by atoms with Crippen molar-refractivity contribution in [2.24, 2.45) is 0 Å². The van der Waals surface area contributed by atoms with Gasteiger partial charge in [-0.3, -0.25) is 14.6 Å². The monoisotopic (exact) mass is 499 g/mol. The molecule has 1 aromatic heterocycles. The van der Waals surface area contributed by atoms with Gasteiger partial charge in [0.1, 0.15) is 21.7 Å². The number of anilines is 1. The van der Waals surface area contributed by atoms with E-state index in [1.54, 1.807) is 49.5 Å². The number of hydrogen-bond donors (Lipinski definition) is 0. The number of morpholine rings is 1. The summed E-state index contributed by atoms with van der Waals surface area (Å²) >= 11 is 1.35. The second-order valence-electron chi connectivity index (χ2n) is 7.95. The molecule has 1 amide bonds.